The highest BCUT2D eigenvalue weighted by molar-refractivity contribution is 6.74. The van der Waals surface area contributed by atoms with Crippen molar-refractivity contribution in [1.29, 1.82) is 0 Å². The molecule has 0 aliphatic carbocycles. The van der Waals surface area contributed by atoms with Crippen LogP contribution in [0.4, 0.5) is 0 Å². The number of hydrogen-bond acceptors (Lipinski definition) is 5. The van der Waals surface area contributed by atoms with Gasteiger partial charge in [-0.2, -0.15) is 0 Å². The summed E-state index contributed by atoms with van der Waals surface area (Å²) in [5, 5.41) is 0.141. The van der Waals surface area contributed by atoms with E-state index in [1.165, 1.54) is 0 Å². The van der Waals surface area contributed by atoms with Crippen LogP contribution in [0.25, 0.3) is 6.08 Å². The topological polar surface area (TPSA) is 54.0 Å². The minimum atomic E-state index is -2.03. The van der Waals surface area contributed by atoms with Crippen LogP contribution >= 0.6 is 0 Å². The van der Waals surface area contributed by atoms with Crippen molar-refractivity contribution >= 4 is 28.5 Å². The maximum absolute atomic E-state index is 12.9. The molecule has 0 heterocycles. The lowest BCUT2D eigenvalue weighted by atomic mass is 10.1. The van der Waals surface area contributed by atoms with Crippen molar-refractivity contribution in [3.8, 4) is 5.75 Å². The summed E-state index contributed by atoms with van der Waals surface area (Å²) in [6.45, 7) is 26.9. The Morgan fingerprint density at radius 2 is 1.59 bits per heavy atom. The summed E-state index contributed by atoms with van der Waals surface area (Å²) >= 11 is 0. The highest BCUT2D eigenvalue weighted by Crippen LogP contribution is 2.39. The van der Waals surface area contributed by atoms with Crippen LogP contribution in [0.2, 0.25) is 36.3 Å². The Morgan fingerprint density at radius 1 is 1.00 bits per heavy atom. The van der Waals surface area contributed by atoms with E-state index in [9.17, 15) is 4.79 Å². The highest BCUT2D eigenvalue weighted by atomic mass is 28.4. The first kappa shape index (κ1) is 30.8. The van der Waals surface area contributed by atoms with Gasteiger partial charge in [0, 0.05) is 12.2 Å². The molecule has 194 valence electrons. The van der Waals surface area contributed by atoms with Crippen LogP contribution in [0.5, 0.6) is 5.75 Å². The number of benzene rings is 1. The summed E-state index contributed by atoms with van der Waals surface area (Å²) in [5.74, 6) is 0.675. The molecule has 1 aromatic carbocycles. The average Bonchev–Trinajstić information content (AvgIpc) is 2.69. The van der Waals surface area contributed by atoms with Crippen molar-refractivity contribution < 1.29 is 23.1 Å². The van der Waals surface area contributed by atoms with E-state index in [1.54, 1.807) is 6.08 Å². The molecule has 7 heteroatoms. The van der Waals surface area contributed by atoms with E-state index < -0.39 is 22.7 Å². The lowest BCUT2D eigenvalue weighted by Crippen LogP contribution is -2.44. The van der Waals surface area contributed by atoms with E-state index in [1.807, 2.05) is 38.1 Å². The molecule has 0 aliphatic heterocycles. The van der Waals surface area contributed by atoms with Crippen molar-refractivity contribution in [2.75, 3.05) is 13.4 Å². The fourth-order valence-electron chi connectivity index (χ4n) is 2.67. The van der Waals surface area contributed by atoms with Crippen LogP contribution < -0.4 is 4.74 Å². The van der Waals surface area contributed by atoms with Gasteiger partial charge >= 0.3 is 0 Å². The molecule has 0 aliphatic rings. The molecule has 0 amide bonds. The van der Waals surface area contributed by atoms with E-state index >= 15 is 0 Å². The van der Waals surface area contributed by atoms with Crippen LogP contribution in [-0.4, -0.2) is 41.9 Å². The van der Waals surface area contributed by atoms with Crippen LogP contribution in [0.15, 0.2) is 24.3 Å². The third kappa shape index (κ3) is 8.75. The van der Waals surface area contributed by atoms with Crippen molar-refractivity contribution in [2.24, 2.45) is 0 Å². The SMILES string of the molecule is CCOCOc1cccc(/C=C\C(=O)[C@@H](C)O[Si](C)(C)C(C)(C)C)c1CO[Si](C)(C)C(C)(C)C. The summed E-state index contributed by atoms with van der Waals surface area (Å²) in [6.07, 6.45) is 2.99. The van der Waals surface area contributed by atoms with Gasteiger partial charge in [-0.05, 0) is 67.8 Å². The van der Waals surface area contributed by atoms with E-state index in [0.717, 1.165) is 11.1 Å². The van der Waals surface area contributed by atoms with E-state index in [4.69, 9.17) is 18.3 Å². The van der Waals surface area contributed by atoms with E-state index in [0.29, 0.717) is 19.0 Å². The Labute approximate surface area is 210 Å². The van der Waals surface area contributed by atoms with Gasteiger partial charge in [0.2, 0.25) is 0 Å². The first-order valence-electron chi connectivity index (χ1n) is 12.3. The monoisotopic (exact) mass is 508 g/mol. The first-order chi connectivity index (χ1) is 15.4. The molecule has 0 spiro atoms. The zero-order chi connectivity index (χ0) is 26.4. The highest BCUT2D eigenvalue weighted by Gasteiger charge is 2.39. The normalized spacial score (nSPS) is 14.5. The zero-order valence-electron chi connectivity index (χ0n) is 23.6. The third-order valence-electron chi connectivity index (χ3n) is 7.16. The van der Waals surface area contributed by atoms with Crippen LogP contribution in [0.3, 0.4) is 0 Å². The molecule has 0 saturated carbocycles. The summed E-state index contributed by atoms with van der Waals surface area (Å²) in [6, 6.07) is 5.84. The summed E-state index contributed by atoms with van der Waals surface area (Å²) in [5.41, 5.74) is 1.83. The van der Waals surface area contributed by atoms with E-state index in [-0.39, 0.29) is 22.7 Å². The van der Waals surface area contributed by atoms with Crippen LogP contribution in [-0.2, 0) is 25.0 Å². The Kier molecular flexibility index (Phi) is 11.0. The fraction of sp³-hybridized carbons (Fsp3) is 0.667. The molecule has 1 atom stereocenters. The largest absolute Gasteiger partial charge is 0.467 e. The Bertz CT molecular complexity index is 832. The molecule has 34 heavy (non-hydrogen) atoms. The lowest BCUT2D eigenvalue weighted by molar-refractivity contribution is -0.120. The van der Waals surface area contributed by atoms with Gasteiger partial charge in [0.15, 0.2) is 29.2 Å². The molecule has 0 radical (unpaired) electrons. The minimum absolute atomic E-state index is 0.0401. The minimum Gasteiger partial charge on any atom is -0.467 e. The summed E-state index contributed by atoms with van der Waals surface area (Å²) < 4.78 is 24.1. The standard InChI is InChI=1S/C27H48O5Si2/c1-13-29-20-30-25-16-14-15-22(23(25)19-31-33(9,10)26(3,4)5)17-18-24(28)21(2)32-34(11,12)27(6,7)8/h14-18,21H,13,19-20H2,1-12H3/b18-17-/t21-/m1/s1. The molecule has 0 unspecified atom stereocenters. The molecule has 1 rings (SSSR count). The Balaban J connectivity index is 3.17. The maximum Gasteiger partial charge on any atom is 0.193 e. The van der Waals surface area contributed by atoms with Crippen LogP contribution in [0.1, 0.15) is 66.5 Å². The van der Waals surface area contributed by atoms with Crippen molar-refractivity contribution in [1.82, 2.24) is 0 Å². The molecule has 0 N–H and O–H groups in total. The number of rotatable bonds is 12. The fourth-order valence-corrected chi connectivity index (χ4v) is 4.96. The van der Waals surface area contributed by atoms with Gasteiger partial charge < -0.3 is 18.3 Å². The smallest absolute Gasteiger partial charge is 0.193 e. The second-order valence-electron chi connectivity index (χ2n) is 11.9. The predicted molar refractivity (Wildman–Crippen MR) is 147 cm³/mol. The predicted octanol–water partition coefficient (Wildman–Crippen LogP) is 7.57. The van der Waals surface area contributed by atoms with Gasteiger partial charge in [0.25, 0.3) is 0 Å². The van der Waals surface area contributed by atoms with Gasteiger partial charge in [-0.3, -0.25) is 4.79 Å². The first-order valence-corrected chi connectivity index (χ1v) is 18.1. The lowest BCUT2D eigenvalue weighted by Gasteiger charge is -2.37. The summed E-state index contributed by atoms with van der Waals surface area (Å²) in [4.78, 5) is 12.9. The molecule has 1 aromatic rings. The van der Waals surface area contributed by atoms with Crippen LogP contribution in [0, 0.1) is 0 Å². The maximum atomic E-state index is 12.9. The molecule has 0 aromatic heterocycles. The summed E-state index contributed by atoms with van der Waals surface area (Å²) in [7, 11) is -4.01. The number of carbonyl (C=O) groups excluding carboxylic acids is 1. The number of ketones is 1. The zero-order valence-corrected chi connectivity index (χ0v) is 25.6. The number of carbonyl (C=O) groups is 1. The quantitative estimate of drug-likeness (QED) is 0.126. The van der Waals surface area contributed by atoms with Crippen molar-refractivity contribution in [3.05, 3.63) is 35.4 Å². The van der Waals surface area contributed by atoms with Gasteiger partial charge in [-0.25, -0.2) is 0 Å². The van der Waals surface area contributed by atoms with E-state index in [2.05, 4.69) is 67.7 Å². The molecule has 0 saturated heterocycles. The van der Waals surface area contributed by atoms with Gasteiger partial charge in [0.05, 0.1) is 6.61 Å². The number of hydrogen-bond donors (Lipinski definition) is 0. The molecular formula is C27H48O5Si2. The Hall–Kier alpha value is -1.26. The molecule has 0 bridgehead atoms. The van der Waals surface area contributed by atoms with Gasteiger partial charge in [-0.1, -0.05) is 59.8 Å². The third-order valence-corrected chi connectivity index (χ3v) is 16.2. The average molecular weight is 509 g/mol. The second kappa shape index (κ2) is 12.1. The van der Waals surface area contributed by atoms with Gasteiger partial charge in [0.1, 0.15) is 11.9 Å². The van der Waals surface area contributed by atoms with Crippen molar-refractivity contribution in [2.45, 2.75) is 104 Å². The van der Waals surface area contributed by atoms with Gasteiger partial charge in [-0.15, -0.1) is 0 Å². The molecule has 5 nitrogen and oxygen atoms in total. The second-order valence-corrected chi connectivity index (χ2v) is 21.4. The molecular weight excluding hydrogens is 460 g/mol. The Morgan fingerprint density at radius 3 is 2.12 bits per heavy atom. The number of ether oxygens (including phenoxy) is 2. The van der Waals surface area contributed by atoms with Crippen molar-refractivity contribution in [3.63, 3.8) is 0 Å². The molecule has 0 fully saturated rings.